The molecule has 2 heterocycles. The van der Waals surface area contributed by atoms with E-state index in [9.17, 15) is 4.79 Å². The molecular formula is C15H13N3O. The van der Waals surface area contributed by atoms with Gasteiger partial charge in [0.15, 0.2) is 0 Å². The molecule has 94 valence electrons. The second-order valence-electron chi connectivity index (χ2n) is 4.39. The molecular weight excluding hydrogens is 238 g/mol. The van der Waals surface area contributed by atoms with Gasteiger partial charge in [-0.15, -0.1) is 0 Å². The molecule has 3 aromatic rings. The van der Waals surface area contributed by atoms with Crippen molar-refractivity contribution in [2.24, 2.45) is 0 Å². The van der Waals surface area contributed by atoms with Gasteiger partial charge in [-0.1, -0.05) is 18.2 Å². The number of hydrogen-bond donors (Lipinski definition) is 1. The Bertz CT molecular complexity index is 746. The van der Waals surface area contributed by atoms with Crippen LogP contribution in [0.5, 0.6) is 0 Å². The van der Waals surface area contributed by atoms with Crippen LogP contribution in [0.4, 0.5) is 5.69 Å². The molecule has 0 spiro atoms. The first-order valence-corrected chi connectivity index (χ1v) is 6.03. The number of nitrogens with one attached hydrogen (secondary N) is 1. The summed E-state index contributed by atoms with van der Waals surface area (Å²) in [5.41, 5.74) is 4.72. The van der Waals surface area contributed by atoms with Crippen molar-refractivity contribution in [1.29, 1.82) is 0 Å². The molecule has 0 bridgehead atoms. The number of aryl methyl sites for hydroxylation is 1. The Kier molecular flexibility index (Phi) is 2.76. The number of anilines is 1. The van der Waals surface area contributed by atoms with Crippen molar-refractivity contribution in [3.05, 3.63) is 54.4 Å². The van der Waals surface area contributed by atoms with Crippen molar-refractivity contribution in [3.63, 3.8) is 0 Å². The first-order valence-electron chi connectivity index (χ1n) is 6.03. The van der Waals surface area contributed by atoms with Crippen LogP contribution < -0.4 is 5.32 Å². The van der Waals surface area contributed by atoms with Crippen LogP contribution in [0.15, 0.2) is 48.8 Å². The number of nitrogens with zero attached hydrogens (tertiary/aromatic N) is 2. The van der Waals surface area contributed by atoms with E-state index < -0.39 is 0 Å². The summed E-state index contributed by atoms with van der Waals surface area (Å²) in [6, 6.07) is 11.7. The number of benzene rings is 1. The summed E-state index contributed by atoms with van der Waals surface area (Å²) in [6.07, 6.45) is 4.64. The highest BCUT2D eigenvalue weighted by atomic mass is 16.1. The van der Waals surface area contributed by atoms with Crippen LogP contribution >= 0.6 is 0 Å². The molecule has 1 N–H and O–H groups in total. The molecule has 0 fully saturated rings. The second-order valence-corrected chi connectivity index (χ2v) is 4.39. The number of amides is 1. The van der Waals surface area contributed by atoms with Crippen molar-refractivity contribution in [3.8, 4) is 11.3 Å². The van der Waals surface area contributed by atoms with Crippen LogP contribution in [0.3, 0.4) is 0 Å². The van der Waals surface area contributed by atoms with Gasteiger partial charge in [-0.3, -0.25) is 4.79 Å². The molecule has 0 aliphatic heterocycles. The summed E-state index contributed by atoms with van der Waals surface area (Å²) in [4.78, 5) is 15.1. The van der Waals surface area contributed by atoms with Crippen LogP contribution in [-0.4, -0.2) is 15.8 Å². The van der Waals surface area contributed by atoms with Gasteiger partial charge >= 0.3 is 0 Å². The molecule has 0 saturated heterocycles. The van der Waals surface area contributed by atoms with Crippen LogP contribution in [0.25, 0.3) is 16.9 Å². The fourth-order valence-electron chi connectivity index (χ4n) is 2.13. The third-order valence-corrected chi connectivity index (χ3v) is 3.06. The maximum atomic E-state index is 10.5. The molecule has 0 atom stereocenters. The lowest BCUT2D eigenvalue weighted by Crippen LogP contribution is -1.93. The number of imidazole rings is 1. The lowest BCUT2D eigenvalue weighted by atomic mass is 10.1. The number of carbonyl (C=O) groups excluding carboxylic acids is 1. The van der Waals surface area contributed by atoms with Crippen LogP contribution in [0.2, 0.25) is 0 Å². The Morgan fingerprint density at radius 1 is 1.26 bits per heavy atom. The topological polar surface area (TPSA) is 46.4 Å². The number of rotatable bonds is 3. The molecule has 19 heavy (non-hydrogen) atoms. The zero-order valence-corrected chi connectivity index (χ0v) is 10.5. The maximum Gasteiger partial charge on any atom is 0.211 e. The molecule has 4 nitrogen and oxygen atoms in total. The molecule has 0 saturated carbocycles. The van der Waals surface area contributed by atoms with Crippen molar-refractivity contribution in [2.75, 3.05) is 5.32 Å². The minimum atomic E-state index is 0.674. The SMILES string of the molecule is Cc1cccn2cc(-c3cccc(NC=O)c3)nc12. The van der Waals surface area contributed by atoms with Gasteiger partial charge in [0.05, 0.1) is 5.69 Å². The Labute approximate surface area is 110 Å². The first-order chi connectivity index (χ1) is 9.28. The van der Waals surface area contributed by atoms with E-state index in [4.69, 9.17) is 0 Å². The molecule has 1 aromatic carbocycles. The molecule has 2 aromatic heterocycles. The van der Waals surface area contributed by atoms with Gasteiger partial charge in [-0.25, -0.2) is 4.98 Å². The minimum absolute atomic E-state index is 0.674. The van der Waals surface area contributed by atoms with E-state index >= 15 is 0 Å². The first kappa shape index (κ1) is 11.5. The summed E-state index contributed by atoms with van der Waals surface area (Å²) < 4.78 is 2.00. The predicted molar refractivity (Wildman–Crippen MR) is 75.1 cm³/mol. The van der Waals surface area contributed by atoms with Gasteiger partial charge < -0.3 is 9.72 Å². The largest absolute Gasteiger partial charge is 0.329 e. The van der Waals surface area contributed by atoms with E-state index in [-0.39, 0.29) is 0 Å². The van der Waals surface area contributed by atoms with E-state index in [1.807, 2.05) is 60.1 Å². The number of aromatic nitrogens is 2. The lowest BCUT2D eigenvalue weighted by Gasteiger charge is -2.00. The third kappa shape index (κ3) is 2.08. The van der Waals surface area contributed by atoms with Crippen molar-refractivity contribution < 1.29 is 4.79 Å². The predicted octanol–water partition coefficient (Wildman–Crippen LogP) is 2.88. The summed E-state index contributed by atoms with van der Waals surface area (Å²) in [5.74, 6) is 0. The third-order valence-electron chi connectivity index (χ3n) is 3.06. The van der Waals surface area contributed by atoms with E-state index in [0.29, 0.717) is 6.41 Å². The van der Waals surface area contributed by atoms with Crippen LogP contribution in [-0.2, 0) is 4.79 Å². The lowest BCUT2D eigenvalue weighted by molar-refractivity contribution is -0.105. The summed E-state index contributed by atoms with van der Waals surface area (Å²) in [7, 11) is 0. The van der Waals surface area contributed by atoms with Gasteiger partial charge in [0.25, 0.3) is 0 Å². The van der Waals surface area contributed by atoms with Crippen LogP contribution in [0.1, 0.15) is 5.56 Å². The quantitative estimate of drug-likeness (QED) is 0.727. The van der Waals surface area contributed by atoms with Gasteiger partial charge in [0, 0.05) is 23.6 Å². The number of pyridine rings is 1. The zero-order chi connectivity index (χ0) is 13.2. The monoisotopic (exact) mass is 251 g/mol. The fraction of sp³-hybridized carbons (Fsp3) is 0.0667. The Morgan fingerprint density at radius 3 is 2.95 bits per heavy atom. The fourth-order valence-corrected chi connectivity index (χ4v) is 2.13. The normalized spacial score (nSPS) is 10.6. The van der Waals surface area contributed by atoms with E-state index in [2.05, 4.69) is 10.3 Å². The smallest absolute Gasteiger partial charge is 0.211 e. The average molecular weight is 251 g/mol. The highest BCUT2D eigenvalue weighted by molar-refractivity contribution is 5.75. The molecule has 0 aliphatic rings. The highest BCUT2D eigenvalue weighted by Crippen LogP contribution is 2.23. The van der Waals surface area contributed by atoms with E-state index in [1.165, 1.54) is 0 Å². The van der Waals surface area contributed by atoms with Gasteiger partial charge in [0.1, 0.15) is 5.65 Å². The molecule has 0 radical (unpaired) electrons. The molecule has 0 unspecified atom stereocenters. The highest BCUT2D eigenvalue weighted by Gasteiger charge is 2.06. The maximum absolute atomic E-state index is 10.5. The molecule has 1 amide bonds. The minimum Gasteiger partial charge on any atom is -0.329 e. The summed E-state index contributed by atoms with van der Waals surface area (Å²) in [5, 5.41) is 2.65. The average Bonchev–Trinajstić information content (AvgIpc) is 2.85. The number of hydrogen-bond acceptors (Lipinski definition) is 2. The van der Waals surface area contributed by atoms with Crippen molar-refractivity contribution >= 4 is 17.7 Å². The van der Waals surface area contributed by atoms with E-state index in [1.54, 1.807) is 0 Å². The van der Waals surface area contributed by atoms with Gasteiger partial charge in [0.2, 0.25) is 6.41 Å². The summed E-state index contributed by atoms with van der Waals surface area (Å²) in [6.45, 7) is 2.04. The standard InChI is InChI=1S/C15H13N3O/c1-11-4-3-7-18-9-14(17-15(11)18)12-5-2-6-13(8-12)16-10-19/h2-10H,1H3,(H,16,19). The second kappa shape index (κ2) is 4.57. The number of carbonyl (C=O) groups is 1. The molecule has 0 aliphatic carbocycles. The number of fused-ring (bicyclic) bond motifs is 1. The Hall–Kier alpha value is -2.62. The zero-order valence-electron chi connectivity index (χ0n) is 10.5. The molecule has 4 heteroatoms. The van der Waals surface area contributed by atoms with Gasteiger partial charge in [-0.05, 0) is 30.7 Å². The Morgan fingerprint density at radius 2 is 2.16 bits per heavy atom. The Balaban J connectivity index is 2.11. The molecule has 3 rings (SSSR count). The summed E-state index contributed by atoms with van der Waals surface area (Å²) >= 11 is 0. The van der Waals surface area contributed by atoms with Gasteiger partial charge in [-0.2, -0.15) is 0 Å². The van der Waals surface area contributed by atoms with Crippen LogP contribution in [0, 0.1) is 6.92 Å². The van der Waals surface area contributed by atoms with E-state index in [0.717, 1.165) is 28.2 Å². The van der Waals surface area contributed by atoms with Crippen molar-refractivity contribution in [2.45, 2.75) is 6.92 Å². The van der Waals surface area contributed by atoms with Crippen molar-refractivity contribution in [1.82, 2.24) is 9.38 Å².